The number of methoxy groups -OCH3 is 1. The topological polar surface area (TPSA) is 63.7 Å². The van der Waals surface area contributed by atoms with Crippen LogP contribution in [0, 0.1) is 12.3 Å². The van der Waals surface area contributed by atoms with Gasteiger partial charge in [-0.05, 0) is 69.1 Å². The Morgan fingerprint density at radius 3 is 2.40 bits per heavy atom. The van der Waals surface area contributed by atoms with Crippen LogP contribution in [0.4, 0.5) is 24.5 Å². The number of nitrogens with zero attached hydrogens (tertiary/aromatic N) is 2. The summed E-state index contributed by atoms with van der Waals surface area (Å²) in [5.41, 5.74) is 1.45. The van der Waals surface area contributed by atoms with Crippen molar-refractivity contribution in [2.24, 2.45) is 5.41 Å². The summed E-state index contributed by atoms with van der Waals surface area (Å²) in [4.78, 5) is 19.4. The third-order valence-electron chi connectivity index (χ3n) is 7.91. The molecule has 0 amide bonds. The summed E-state index contributed by atoms with van der Waals surface area (Å²) < 4.78 is 54.1. The van der Waals surface area contributed by atoms with E-state index in [0.717, 1.165) is 10.9 Å². The zero-order chi connectivity index (χ0) is 29.7. The molecule has 1 aliphatic heterocycles. The molecule has 5 rings (SSSR count). The van der Waals surface area contributed by atoms with Crippen molar-refractivity contribution >= 4 is 28.2 Å². The normalized spacial score (nSPS) is 15.4. The summed E-state index contributed by atoms with van der Waals surface area (Å²) in [5.74, 6) is -0.453. The van der Waals surface area contributed by atoms with Crippen LogP contribution in [0.15, 0.2) is 78.9 Å². The maximum absolute atomic E-state index is 14.4. The maximum atomic E-state index is 14.4. The van der Waals surface area contributed by atoms with Gasteiger partial charge in [0.05, 0.1) is 23.7 Å². The highest BCUT2D eigenvalue weighted by Gasteiger charge is 2.42. The molecule has 1 aliphatic rings. The number of aromatic nitrogens is 1. The number of ether oxygens (including phenoxy) is 2. The minimum absolute atomic E-state index is 0.0771. The van der Waals surface area contributed by atoms with Crippen molar-refractivity contribution in [3.05, 3.63) is 95.7 Å². The van der Waals surface area contributed by atoms with Crippen LogP contribution in [-0.2, 0) is 22.1 Å². The van der Waals surface area contributed by atoms with Gasteiger partial charge in [-0.3, -0.25) is 14.7 Å². The van der Waals surface area contributed by atoms with Crippen molar-refractivity contribution in [1.29, 1.82) is 0 Å². The fourth-order valence-corrected chi connectivity index (χ4v) is 5.75. The summed E-state index contributed by atoms with van der Waals surface area (Å²) in [6.45, 7) is 3.56. The molecule has 0 radical (unpaired) electrons. The number of piperidine rings is 1. The Morgan fingerprint density at radius 2 is 1.69 bits per heavy atom. The molecule has 0 unspecified atom stereocenters. The van der Waals surface area contributed by atoms with E-state index in [1.165, 1.54) is 19.2 Å². The Hall–Kier alpha value is -4.11. The lowest BCUT2D eigenvalue weighted by Gasteiger charge is -2.39. The molecule has 0 spiro atoms. The van der Waals surface area contributed by atoms with Crippen molar-refractivity contribution in [1.82, 2.24) is 9.88 Å². The number of alkyl halides is 3. The van der Waals surface area contributed by atoms with Crippen LogP contribution in [0.5, 0.6) is 5.75 Å². The number of hydrogen-bond donors (Lipinski definition) is 1. The average molecular weight is 578 g/mol. The van der Waals surface area contributed by atoms with Gasteiger partial charge < -0.3 is 14.8 Å². The molecular formula is C33H34F3N3O3. The first-order chi connectivity index (χ1) is 20.2. The minimum atomic E-state index is -4.64. The number of rotatable bonds is 9. The fraction of sp³-hybridized carbons (Fsp3) is 0.333. The largest absolute Gasteiger partial charge is 0.492 e. The molecule has 2 heterocycles. The van der Waals surface area contributed by atoms with E-state index in [-0.39, 0.29) is 24.0 Å². The summed E-state index contributed by atoms with van der Waals surface area (Å²) in [5, 5.41) is 3.72. The molecule has 0 atom stereocenters. The summed E-state index contributed by atoms with van der Waals surface area (Å²) >= 11 is 0. The van der Waals surface area contributed by atoms with Crippen LogP contribution in [-0.4, -0.2) is 49.2 Å². The Morgan fingerprint density at radius 1 is 0.976 bits per heavy atom. The number of likely N-dealkylation sites (tertiary alicyclic amines) is 1. The second-order valence-electron chi connectivity index (χ2n) is 10.8. The number of anilines is 2. The number of fused-ring (bicyclic) bond motifs is 1. The maximum Gasteiger partial charge on any atom is 0.421 e. The smallest absolute Gasteiger partial charge is 0.421 e. The Bertz CT molecular complexity index is 1530. The van der Waals surface area contributed by atoms with Crippen LogP contribution in [0.3, 0.4) is 0 Å². The van der Waals surface area contributed by atoms with Crippen molar-refractivity contribution in [3.8, 4) is 5.75 Å². The lowest BCUT2D eigenvalue weighted by Crippen LogP contribution is -2.47. The van der Waals surface area contributed by atoms with E-state index in [9.17, 15) is 18.0 Å². The van der Waals surface area contributed by atoms with Crippen LogP contribution < -0.4 is 10.1 Å². The van der Waals surface area contributed by atoms with Crippen LogP contribution in [0.1, 0.15) is 29.7 Å². The standard InChI is InChI=1S/C33H34F3N3O3/c1-23-21-28(25-11-6-7-12-26(25)37-23)38-27-13-8-14-29(30(27)33(34,35)36)42-20-19-39-17-15-32(16-18-39,31(40)41-2)22-24-9-4-3-5-10-24/h3-14,21H,15-20,22H2,1-2H3,(H,37,38). The van der Waals surface area contributed by atoms with Crippen LogP contribution in [0.25, 0.3) is 10.9 Å². The van der Waals surface area contributed by atoms with E-state index < -0.39 is 17.2 Å². The van der Waals surface area contributed by atoms with Gasteiger partial charge in [-0.2, -0.15) is 13.2 Å². The van der Waals surface area contributed by atoms with Gasteiger partial charge in [0.15, 0.2) is 0 Å². The number of benzene rings is 3. The lowest BCUT2D eigenvalue weighted by atomic mass is 9.73. The molecule has 4 aromatic rings. The fourth-order valence-electron chi connectivity index (χ4n) is 5.75. The highest BCUT2D eigenvalue weighted by Crippen LogP contribution is 2.43. The molecule has 3 aromatic carbocycles. The predicted molar refractivity (Wildman–Crippen MR) is 157 cm³/mol. The van der Waals surface area contributed by atoms with E-state index in [0.29, 0.717) is 55.8 Å². The first kappa shape index (κ1) is 29.4. The molecule has 0 saturated carbocycles. The first-order valence-corrected chi connectivity index (χ1v) is 14.0. The second-order valence-corrected chi connectivity index (χ2v) is 10.8. The zero-order valence-electron chi connectivity index (χ0n) is 23.7. The predicted octanol–water partition coefficient (Wildman–Crippen LogP) is 7.18. The highest BCUT2D eigenvalue weighted by atomic mass is 19.4. The zero-order valence-corrected chi connectivity index (χ0v) is 23.7. The number of para-hydroxylation sites is 1. The van der Waals surface area contributed by atoms with Gasteiger partial charge in [-0.15, -0.1) is 0 Å². The van der Waals surface area contributed by atoms with Gasteiger partial charge in [0.25, 0.3) is 0 Å². The molecule has 0 bridgehead atoms. The van der Waals surface area contributed by atoms with E-state index in [2.05, 4.69) is 15.2 Å². The summed E-state index contributed by atoms with van der Waals surface area (Å²) in [6, 6.07) is 23.2. The van der Waals surface area contributed by atoms with Gasteiger partial charge in [0.2, 0.25) is 0 Å². The van der Waals surface area contributed by atoms with Crippen molar-refractivity contribution in [2.75, 3.05) is 38.7 Å². The second kappa shape index (κ2) is 12.4. The van der Waals surface area contributed by atoms with Gasteiger partial charge >= 0.3 is 12.1 Å². The first-order valence-electron chi connectivity index (χ1n) is 14.0. The monoisotopic (exact) mass is 577 g/mol. The SMILES string of the molecule is COC(=O)C1(Cc2ccccc2)CCN(CCOc2cccc(Nc3cc(C)nc4ccccc34)c2C(F)(F)F)CC1. The quantitative estimate of drug-likeness (QED) is 0.213. The molecule has 6 nitrogen and oxygen atoms in total. The Labute approximate surface area is 243 Å². The molecule has 1 aromatic heterocycles. The molecule has 220 valence electrons. The van der Waals surface area contributed by atoms with E-state index in [4.69, 9.17) is 9.47 Å². The van der Waals surface area contributed by atoms with Crippen LogP contribution >= 0.6 is 0 Å². The van der Waals surface area contributed by atoms with E-state index in [1.54, 1.807) is 19.1 Å². The average Bonchev–Trinajstić information content (AvgIpc) is 2.97. The number of hydrogen-bond acceptors (Lipinski definition) is 6. The molecule has 1 N–H and O–H groups in total. The van der Waals surface area contributed by atoms with Gasteiger partial charge in [-0.25, -0.2) is 0 Å². The molecule has 42 heavy (non-hydrogen) atoms. The summed E-state index contributed by atoms with van der Waals surface area (Å²) in [7, 11) is 1.41. The summed E-state index contributed by atoms with van der Waals surface area (Å²) in [6.07, 6.45) is -2.85. The molecule has 1 fully saturated rings. The minimum Gasteiger partial charge on any atom is -0.492 e. The third kappa shape index (κ3) is 6.51. The van der Waals surface area contributed by atoms with Crippen LogP contribution in [0.2, 0.25) is 0 Å². The van der Waals surface area contributed by atoms with Crippen molar-refractivity contribution in [3.63, 3.8) is 0 Å². The molecular weight excluding hydrogens is 543 g/mol. The van der Waals surface area contributed by atoms with E-state index >= 15 is 0 Å². The molecule has 1 saturated heterocycles. The number of esters is 1. The Kier molecular flexibility index (Phi) is 8.68. The third-order valence-corrected chi connectivity index (χ3v) is 7.91. The number of halogens is 3. The lowest BCUT2D eigenvalue weighted by molar-refractivity contribution is -0.156. The van der Waals surface area contributed by atoms with Gasteiger partial charge in [-0.1, -0.05) is 54.6 Å². The van der Waals surface area contributed by atoms with Crippen molar-refractivity contribution in [2.45, 2.75) is 32.4 Å². The number of pyridine rings is 1. The molecule has 9 heteroatoms. The number of aryl methyl sites for hydroxylation is 1. The van der Waals surface area contributed by atoms with Gasteiger partial charge in [0.1, 0.15) is 17.9 Å². The van der Waals surface area contributed by atoms with Gasteiger partial charge in [0, 0.05) is 23.3 Å². The molecule has 0 aliphatic carbocycles. The highest BCUT2D eigenvalue weighted by molar-refractivity contribution is 5.93. The number of carbonyl (C=O) groups excluding carboxylic acids is 1. The number of nitrogens with one attached hydrogen (secondary N) is 1. The Balaban J connectivity index is 1.27. The number of carbonyl (C=O) groups is 1. The van der Waals surface area contributed by atoms with E-state index in [1.807, 2.05) is 54.6 Å². The van der Waals surface area contributed by atoms with Crippen molar-refractivity contribution < 1.29 is 27.4 Å².